The number of phenolic OH excluding ortho intramolecular Hbond substituents is 1. The van der Waals surface area contributed by atoms with E-state index in [1.54, 1.807) is 42.5 Å². The second-order valence-corrected chi connectivity index (χ2v) is 6.27. The van der Waals surface area contributed by atoms with Crippen LogP contribution >= 0.6 is 0 Å². The van der Waals surface area contributed by atoms with Gasteiger partial charge in [0, 0.05) is 12.5 Å². The van der Waals surface area contributed by atoms with Crippen LogP contribution in [0.3, 0.4) is 0 Å². The van der Waals surface area contributed by atoms with E-state index < -0.39 is 0 Å². The summed E-state index contributed by atoms with van der Waals surface area (Å²) >= 11 is 0. The summed E-state index contributed by atoms with van der Waals surface area (Å²) in [5.74, 6) is 0.820. The van der Waals surface area contributed by atoms with Gasteiger partial charge in [0.25, 0.3) is 0 Å². The minimum atomic E-state index is -0.113. The number of hydrogen-bond acceptors (Lipinski definition) is 4. The molecule has 1 heterocycles. The van der Waals surface area contributed by atoms with Crippen LogP contribution in [-0.4, -0.2) is 11.7 Å². The first-order valence-electron chi connectivity index (χ1n) is 8.72. The first-order chi connectivity index (χ1) is 13.2. The van der Waals surface area contributed by atoms with Gasteiger partial charge in [-0.1, -0.05) is 42.5 Å². The summed E-state index contributed by atoms with van der Waals surface area (Å²) in [6, 6.07) is 21.8. The normalized spacial score (nSPS) is 10.8. The number of benzene rings is 3. The fourth-order valence-electron chi connectivity index (χ4n) is 2.97. The first kappa shape index (κ1) is 16.9. The quantitative estimate of drug-likeness (QED) is 0.557. The number of aromatic hydroxyl groups is 1. The van der Waals surface area contributed by atoms with Crippen molar-refractivity contribution in [3.8, 4) is 22.6 Å². The van der Waals surface area contributed by atoms with Gasteiger partial charge >= 0.3 is 0 Å². The summed E-state index contributed by atoms with van der Waals surface area (Å²) in [5.41, 5.74) is 2.74. The van der Waals surface area contributed by atoms with E-state index >= 15 is 0 Å². The molecule has 0 aliphatic rings. The van der Waals surface area contributed by atoms with Gasteiger partial charge in [0.05, 0.1) is 17.6 Å². The van der Waals surface area contributed by atoms with Crippen LogP contribution in [-0.2, 0) is 6.42 Å². The van der Waals surface area contributed by atoms with E-state index in [1.165, 1.54) is 11.8 Å². The van der Waals surface area contributed by atoms with Crippen molar-refractivity contribution in [2.24, 2.45) is 0 Å². The van der Waals surface area contributed by atoms with Gasteiger partial charge in [0.15, 0.2) is 5.43 Å². The Balaban J connectivity index is 1.55. The van der Waals surface area contributed by atoms with E-state index in [0.717, 1.165) is 6.42 Å². The molecular formula is C23H18O4. The van der Waals surface area contributed by atoms with Gasteiger partial charge in [-0.05, 0) is 35.4 Å². The Bertz CT molecular complexity index is 1110. The van der Waals surface area contributed by atoms with Crippen molar-refractivity contribution in [1.82, 2.24) is 0 Å². The topological polar surface area (TPSA) is 59.7 Å². The van der Waals surface area contributed by atoms with Crippen molar-refractivity contribution in [1.29, 1.82) is 0 Å². The molecule has 0 unspecified atom stereocenters. The molecule has 0 saturated heterocycles. The molecule has 4 nitrogen and oxygen atoms in total. The van der Waals surface area contributed by atoms with E-state index in [-0.39, 0.29) is 11.2 Å². The Hall–Kier alpha value is -3.53. The van der Waals surface area contributed by atoms with Crippen molar-refractivity contribution in [2.75, 3.05) is 6.61 Å². The lowest BCUT2D eigenvalue weighted by molar-refractivity contribution is 0.322. The number of hydrogen-bond donors (Lipinski definition) is 1. The number of fused-ring (bicyclic) bond motifs is 1. The van der Waals surface area contributed by atoms with Crippen molar-refractivity contribution >= 4 is 11.0 Å². The zero-order chi connectivity index (χ0) is 18.6. The van der Waals surface area contributed by atoms with Gasteiger partial charge in [0.2, 0.25) is 0 Å². The first-order valence-corrected chi connectivity index (χ1v) is 8.72. The van der Waals surface area contributed by atoms with Crippen molar-refractivity contribution in [2.45, 2.75) is 6.42 Å². The van der Waals surface area contributed by atoms with E-state index in [4.69, 9.17) is 9.15 Å². The summed E-state index contributed by atoms with van der Waals surface area (Å²) < 4.78 is 11.5. The molecule has 134 valence electrons. The molecule has 1 aromatic heterocycles. The highest BCUT2D eigenvalue weighted by Gasteiger charge is 2.10. The standard InChI is InChI=1S/C23H18O4/c24-18-8-6-17(7-9-18)21-15-27-22-14-19(10-11-20(22)23(21)25)26-13-12-16-4-2-1-3-5-16/h1-11,14-15,24H,12-13H2. The molecule has 4 aromatic rings. The van der Waals surface area contributed by atoms with Gasteiger partial charge in [-0.15, -0.1) is 0 Å². The average Bonchev–Trinajstić information content (AvgIpc) is 2.70. The molecule has 1 N–H and O–H groups in total. The molecule has 0 saturated carbocycles. The summed E-state index contributed by atoms with van der Waals surface area (Å²) in [5, 5.41) is 9.90. The third kappa shape index (κ3) is 3.70. The lowest BCUT2D eigenvalue weighted by Gasteiger charge is -2.08. The maximum atomic E-state index is 12.8. The maximum Gasteiger partial charge on any atom is 0.200 e. The number of phenols is 1. The largest absolute Gasteiger partial charge is 0.508 e. The Morgan fingerprint density at radius 3 is 2.48 bits per heavy atom. The van der Waals surface area contributed by atoms with Crippen LogP contribution in [0.5, 0.6) is 11.5 Å². The van der Waals surface area contributed by atoms with E-state index in [2.05, 4.69) is 12.1 Å². The number of ether oxygens (including phenoxy) is 1. The molecule has 27 heavy (non-hydrogen) atoms. The van der Waals surface area contributed by atoms with Crippen LogP contribution in [0.25, 0.3) is 22.1 Å². The second-order valence-electron chi connectivity index (χ2n) is 6.27. The van der Waals surface area contributed by atoms with Gasteiger partial charge in [-0.25, -0.2) is 0 Å². The fourth-order valence-corrected chi connectivity index (χ4v) is 2.97. The van der Waals surface area contributed by atoms with Crippen LogP contribution in [0.4, 0.5) is 0 Å². The third-order valence-electron chi connectivity index (χ3n) is 4.43. The Morgan fingerprint density at radius 2 is 1.70 bits per heavy atom. The van der Waals surface area contributed by atoms with Crippen LogP contribution in [0.1, 0.15) is 5.56 Å². The number of rotatable bonds is 5. The van der Waals surface area contributed by atoms with Crippen LogP contribution < -0.4 is 10.2 Å². The molecule has 4 rings (SSSR count). The maximum absolute atomic E-state index is 12.8. The summed E-state index contributed by atoms with van der Waals surface area (Å²) in [7, 11) is 0. The predicted octanol–water partition coefficient (Wildman–Crippen LogP) is 4.79. The summed E-state index contributed by atoms with van der Waals surface area (Å²) in [6.07, 6.45) is 2.26. The van der Waals surface area contributed by atoms with Gasteiger partial charge in [-0.3, -0.25) is 4.79 Å². The molecular weight excluding hydrogens is 340 g/mol. The second kappa shape index (κ2) is 7.38. The minimum Gasteiger partial charge on any atom is -0.508 e. The molecule has 3 aromatic carbocycles. The molecule has 0 atom stereocenters. The highest BCUT2D eigenvalue weighted by Crippen LogP contribution is 2.24. The SMILES string of the molecule is O=c1c(-c2ccc(O)cc2)coc2cc(OCCc3ccccc3)ccc12. The Kier molecular flexibility index (Phi) is 4.62. The van der Waals surface area contributed by atoms with E-state index in [9.17, 15) is 9.90 Å². The lowest BCUT2D eigenvalue weighted by atomic mass is 10.1. The van der Waals surface area contributed by atoms with Crippen molar-refractivity contribution in [3.63, 3.8) is 0 Å². The highest BCUT2D eigenvalue weighted by atomic mass is 16.5. The third-order valence-corrected chi connectivity index (χ3v) is 4.43. The zero-order valence-corrected chi connectivity index (χ0v) is 14.6. The van der Waals surface area contributed by atoms with E-state index in [1.807, 2.05) is 18.2 Å². The molecule has 0 fully saturated rings. The van der Waals surface area contributed by atoms with Crippen LogP contribution in [0, 0.1) is 0 Å². The van der Waals surface area contributed by atoms with Crippen LogP contribution in [0.2, 0.25) is 0 Å². The molecule has 4 heteroatoms. The predicted molar refractivity (Wildman–Crippen MR) is 105 cm³/mol. The molecule has 0 radical (unpaired) electrons. The Labute approximate surface area is 156 Å². The summed E-state index contributed by atoms with van der Waals surface area (Å²) in [4.78, 5) is 12.8. The monoisotopic (exact) mass is 358 g/mol. The van der Waals surface area contributed by atoms with E-state index in [0.29, 0.717) is 34.5 Å². The fraction of sp³-hybridized carbons (Fsp3) is 0.0870. The smallest absolute Gasteiger partial charge is 0.200 e. The molecule has 0 bridgehead atoms. The average molecular weight is 358 g/mol. The van der Waals surface area contributed by atoms with Gasteiger partial charge in [-0.2, -0.15) is 0 Å². The summed E-state index contributed by atoms with van der Waals surface area (Å²) in [6.45, 7) is 0.547. The van der Waals surface area contributed by atoms with Gasteiger partial charge < -0.3 is 14.3 Å². The molecule has 0 spiro atoms. The molecule has 0 aliphatic heterocycles. The molecule has 0 aliphatic carbocycles. The lowest BCUT2D eigenvalue weighted by Crippen LogP contribution is -2.05. The molecule has 0 amide bonds. The van der Waals surface area contributed by atoms with Crippen LogP contribution in [0.15, 0.2) is 88.3 Å². The van der Waals surface area contributed by atoms with Crippen molar-refractivity contribution in [3.05, 3.63) is 94.8 Å². The van der Waals surface area contributed by atoms with Gasteiger partial charge in [0.1, 0.15) is 23.3 Å². The minimum absolute atomic E-state index is 0.113. The zero-order valence-electron chi connectivity index (χ0n) is 14.6. The van der Waals surface area contributed by atoms with Crippen molar-refractivity contribution < 1.29 is 14.3 Å². The highest BCUT2D eigenvalue weighted by molar-refractivity contribution is 5.82. The Morgan fingerprint density at radius 1 is 0.926 bits per heavy atom.